The molecule has 0 radical (unpaired) electrons. The Bertz CT molecular complexity index is 479. The molecule has 2 rings (SSSR count). The topological polar surface area (TPSA) is 58.6 Å². The van der Waals surface area contributed by atoms with Gasteiger partial charge in [0.2, 0.25) is 5.91 Å². The SMILES string of the molecule is Cc1ccccc1C(O)CNC(=O)C1CC(C)OC(C)C1. The molecule has 1 aliphatic rings. The van der Waals surface area contributed by atoms with E-state index >= 15 is 0 Å². The van der Waals surface area contributed by atoms with Gasteiger partial charge in [-0.2, -0.15) is 0 Å². The molecule has 1 saturated heterocycles. The molecule has 1 aliphatic heterocycles. The number of benzene rings is 1. The highest BCUT2D eigenvalue weighted by molar-refractivity contribution is 5.78. The lowest BCUT2D eigenvalue weighted by Gasteiger charge is -2.31. The first kappa shape index (κ1) is 16.0. The fraction of sp³-hybridized carbons (Fsp3) is 0.588. The lowest BCUT2D eigenvalue weighted by molar-refractivity contribution is -0.133. The molecule has 2 N–H and O–H groups in total. The second-order valence-corrected chi connectivity index (χ2v) is 6.04. The second kappa shape index (κ2) is 7.05. The molecule has 1 fully saturated rings. The molecule has 1 aromatic rings. The van der Waals surface area contributed by atoms with Crippen molar-refractivity contribution in [3.05, 3.63) is 35.4 Å². The molecule has 1 amide bonds. The van der Waals surface area contributed by atoms with Gasteiger partial charge in [0, 0.05) is 12.5 Å². The van der Waals surface area contributed by atoms with Crippen LogP contribution in [0.1, 0.15) is 43.9 Å². The largest absolute Gasteiger partial charge is 0.387 e. The molecular weight excluding hydrogens is 266 g/mol. The maximum absolute atomic E-state index is 12.2. The highest BCUT2D eigenvalue weighted by Gasteiger charge is 2.29. The fourth-order valence-corrected chi connectivity index (χ4v) is 3.03. The summed E-state index contributed by atoms with van der Waals surface area (Å²) in [4.78, 5) is 12.2. The van der Waals surface area contributed by atoms with Crippen LogP contribution in [0.2, 0.25) is 0 Å². The summed E-state index contributed by atoms with van der Waals surface area (Å²) in [5.41, 5.74) is 1.90. The summed E-state index contributed by atoms with van der Waals surface area (Å²) < 4.78 is 5.65. The minimum atomic E-state index is -0.662. The van der Waals surface area contributed by atoms with Crippen LogP contribution in [0.15, 0.2) is 24.3 Å². The van der Waals surface area contributed by atoms with Crippen LogP contribution in [0.25, 0.3) is 0 Å². The number of carbonyl (C=O) groups is 1. The Labute approximate surface area is 126 Å². The van der Waals surface area contributed by atoms with Gasteiger partial charge in [-0.25, -0.2) is 0 Å². The van der Waals surface area contributed by atoms with E-state index in [0.29, 0.717) is 0 Å². The zero-order valence-corrected chi connectivity index (χ0v) is 13.0. The van der Waals surface area contributed by atoms with Crippen molar-refractivity contribution in [1.29, 1.82) is 0 Å². The van der Waals surface area contributed by atoms with Gasteiger partial charge in [-0.3, -0.25) is 4.79 Å². The summed E-state index contributed by atoms with van der Waals surface area (Å²) in [6, 6.07) is 7.69. The van der Waals surface area contributed by atoms with Gasteiger partial charge in [0.05, 0.1) is 18.3 Å². The van der Waals surface area contributed by atoms with Crippen molar-refractivity contribution >= 4 is 5.91 Å². The maximum atomic E-state index is 12.2. The number of carbonyl (C=O) groups excluding carboxylic acids is 1. The Morgan fingerprint density at radius 1 is 1.33 bits per heavy atom. The molecule has 0 bridgehead atoms. The number of aryl methyl sites for hydroxylation is 1. The van der Waals surface area contributed by atoms with Gasteiger partial charge in [-0.05, 0) is 44.7 Å². The molecule has 0 spiro atoms. The quantitative estimate of drug-likeness (QED) is 0.895. The van der Waals surface area contributed by atoms with E-state index in [4.69, 9.17) is 4.74 Å². The van der Waals surface area contributed by atoms with Gasteiger partial charge < -0.3 is 15.2 Å². The van der Waals surface area contributed by atoms with Gasteiger partial charge in [-0.15, -0.1) is 0 Å². The Morgan fingerprint density at radius 3 is 2.57 bits per heavy atom. The van der Waals surface area contributed by atoms with Gasteiger partial charge in [0.1, 0.15) is 0 Å². The van der Waals surface area contributed by atoms with Crippen molar-refractivity contribution in [1.82, 2.24) is 5.32 Å². The van der Waals surface area contributed by atoms with E-state index in [-0.39, 0.29) is 30.6 Å². The van der Waals surface area contributed by atoms with Crippen LogP contribution >= 0.6 is 0 Å². The van der Waals surface area contributed by atoms with Crippen LogP contribution < -0.4 is 5.32 Å². The Hall–Kier alpha value is -1.39. The van der Waals surface area contributed by atoms with Gasteiger partial charge in [0.25, 0.3) is 0 Å². The molecule has 116 valence electrons. The molecule has 4 heteroatoms. The smallest absolute Gasteiger partial charge is 0.223 e. The Morgan fingerprint density at radius 2 is 1.95 bits per heavy atom. The highest BCUT2D eigenvalue weighted by atomic mass is 16.5. The molecule has 3 unspecified atom stereocenters. The normalized spacial score (nSPS) is 27.1. The molecule has 1 heterocycles. The first-order chi connectivity index (χ1) is 9.97. The molecule has 1 aromatic carbocycles. The first-order valence-electron chi connectivity index (χ1n) is 7.64. The van der Waals surface area contributed by atoms with Crippen molar-refractivity contribution < 1.29 is 14.6 Å². The van der Waals surface area contributed by atoms with E-state index in [1.807, 2.05) is 45.0 Å². The lowest BCUT2D eigenvalue weighted by Crippen LogP contribution is -2.40. The standard InChI is InChI=1S/C17H25NO3/c1-11-6-4-5-7-15(11)16(19)10-18-17(20)14-8-12(2)21-13(3)9-14/h4-7,12-14,16,19H,8-10H2,1-3H3,(H,18,20). The third kappa shape index (κ3) is 4.29. The van der Waals surface area contributed by atoms with Crippen molar-refractivity contribution in [2.24, 2.45) is 5.92 Å². The van der Waals surface area contributed by atoms with Crippen LogP contribution in [0, 0.1) is 12.8 Å². The minimum Gasteiger partial charge on any atom is -0.387 e. The Kier molecular flexibility index (Phi) is 5.37. The van der Waals surface area contributed by atoms with Crippen LogP contribution in [0.4, 0.5) is 0 Å². The molecule has 4 nitrogen and oxygen atoms in total. The van der Waals surface area contributed by atoms with Crippen LogP contribution in [0.5, 0.6) is 0 Å². The van der Waals surface area contributed by atoms with E-state index in [0.717, 1.165) is 24.0 Å². The Balaban J connectivity index is 1.88. The summed E-state index contributed by atoms with van der Waals surface area (Å²) in [6.07, 6.45) is 1.06. The number of amides is 1. The molecule has 21 heavy (non-hydrogen) atoms. The van der Waals surface area contributed by atoms with E-state index in [2.05, 4.69) is 5.32 Å². The maximum Gasteiger partial charge on any atom is 0.223 e. The monoisotopic (exact) mass is 291 g/mol. The average molecular weight is 291 g/mol. The summed E-state index contributed by atoms with van der Waals surface area (Å²) in [6.45, 7) is 6.21. The van der Waals surface area contributed by atoms with Gasteiger partial charge in [-0.1, -0.05) is 24.3 Å². The molecular formula is C17H25NO3. The number of hydrogen-bond acceptors (Lipinski definition) is 3. The van der Waals surface area contributed by atoms with Crippen LogP contribution in [-0.2, 0) is 9.53 Å². The number of hydrogen-bond donors (Lipinski definition) is 2. The molecule has 0 aromatic heterocycles. The number of nitrogens with one attached hydrogen (secondary N) is 1. The number of ether oxygens (including phenoxy) is 1. The molecule has 3 atom stereocenters. The first-order valence-corrected chi connectivity index (χ1v) is 7.64. The van der Waals surface area contributed by atoms with Gasteiger partial charge >= 0.3 is 0 Å². The zero-order valence-electron chi connectivity index (χ0n) is 13.0. The summed E-state index contributed by atoms with van der Waals surface area (Å²) in [5, 5.41) is 13.1. The third-order valence-electron chi connectivity index (χ3n) is 4.09. The predicted octanol–water partition coefficient (Wildman–Crippen LogP) is 2.35. The zero-order chi connectivity index (χ0) is 15.4. The second-order valence-electron chi connectivity index (χ2n) is 6.04. The molecule has 0 saturated carbocycles. The highest BCUT2D eigenvalue weighted by Crippen LogP contribution is 2.25. The minimum absolute atomic E-state index is 0.0182. The number of rotatable bonds is 4. The fourth-order valence-electron chi connectivity index (χ4n) is 3.03. The van der Waals surface area contributed by atoms with Gasteiger partial charge in [0.15, 0.2) is 0 Å². The summed E-state index contributed by atoms with van der Waals surface area (Å²) >= 11 is 0. The number of aliphatic hydroxyl groups is 1. The van der Waals surface area contributed by atoms with Crippen molar-refractivity contribution in [3.8, 4) is 0 Å². The van der Waals surface area contributed by atoms with Crippen molar-refractivity contribution in [2.45, 2.75) is 51.9 Å². The lowest BCUT2D eigenvalue weighted by atomic mass is 9.91. The van der Waals surface area contributed by atoms with E-state index in [9.17, 15) is 9.90 Å². The summed E-state index contributed by atoms with van der Waals surface area (Å²) in [7, 11) is 0. The van der Waals surface area contributed by atoms with Crippen molar-refractivity contribution in [2.75, 3.05) is 6.54 Å². The third-order valence-corrected chi connectivity index (χ3v) is 4.09. The van der Waals surface area contributed by atoms with Crippen LogP contribution in [0.3, 0.4) is 0 Å². The van der Waals surface area contributed by atoms with Crippen LogP contribution in [-0.4, -0.2) is 29.8 Å². The molecule has 0 aliphatic carbocycles. The van der Waals surface area contributed by atoms with E-state index < -0.39 is 6.10 Å². The van der Waals surface area contributed by atoms with Crippen molar-refractivity contribution in [3.63, 3.8) is 0 Å². The van der Waals surface area contributed by atoms with E-state index in [1.165, 1.54) is 0 Å². The van der Waals surface area contributed by atoms with E-state index in [1.54, 1.807) is 0 Å². The predicted molar refractivity (Wildman–Crippen MR) is 81.9 cm³/mol. The summed E-state index contributed by atoms with van der Waals surface area (Å²) in [5.74, 6) is -0.00236. The average Bonchev–Trinajstić information content (AvgIpc) is 2.43. The number of aliphatic hydroxyl groups excluding tert-OH is 1.